The fourth-order valence-electron chi connectivity index (χ4n) is 5.25. The lowest BCUT2D eigenvalue weighted by Crippen LogP contribution is -2.45. The molecule has 0 aliphatic carbocycles. The number of piperidine rings is 1. The fraction of sp³-hybridized carbons (Fsp3) is 0.296. The molecule has 182 valence electrons. The van der Waals surface area contributed by atoms with E-state index in [1.54, 1.807) is 25.3 Å². The molecule has 2 aliphatic rings. The number of carbonyl (C=O) groups excluding carboxylic acids is 1. The van der Waals surface area contributed by atoms with Crippen LogP contribution in [0.2, 0.25) is 20.1 Å². The number of rotatable bonds is 4. The van der Waals surface area contributed by atoms with Crippen molar-refractivity contribution >= 4 is 58.0 Å². The topological polar surface area (TPSA) is 32.8 Å². The quantitative estimate of drug-likeness (QED) is 0.337. The number of anilines is 1. The van der Waals surface area contributed by atoms with Gasteiger partial charge in [-0.15, -0.1) is 0 Å². The van der Waals surface area contributed by atoms with Gasteiger partial charge in [0.05, 0.1) is 17.2 Å². The molecule has 0 saturated carbocycles. The van der Waals surface area contributed by atoms with E-state index < -0.39 is 0 Å². The monoisotopic (exact) mass is 548 g/mol. The lowest BCUT2D eigenvalue weighted by Gasteiger charge is -2.40. The van der Waals surface area contributed by atoms with Crippen molar-refractivity contribution in [3.05, 3.63) is 91.4 Å². The molecule has 0 radical (unpaired) electrons. The van der Waals surface area contributed by atoms with Crippen LogP contribution in [-0.4, -0.2) is 37.6 Å². The first-order valence-corrected chi connectivity index (χ1v) is 12.9. The SMILES string of the molecule is COc1ccc2c(c1)C1(CCN(Cc3ccc(Cl)c(Cl)c3)CC1)CN2C(=O)c1cc(Cl)cc(Cl)c1. The molecule has 0 bridgehead atoms. The molecule has 2 heterocycles. The first-order chi connectivity index (χ1) is 16.8. The number of amides is 1. The second kappa shape index (κ2) is 9.84. The van der Waals surface area contributed by atoms with E-state index in [0.29, 0.717) is 32.2 Å². The molecule has 5 rings (SSSR count). The van der Waals surface area contributed by atoms with Crippen molar-refractivity contribution in [1.82, 2.24) is 4.90 Å². The Bertz CT molecular complexity index is 1270. The van der Waals surface area contributed by atoms with Crippen molar-refractivity contribution in [3.63, 3.8) is 0 Å². The van der Waals surface area contributed by atoms with Crippen molar-refractivity contribution in [2.45, 2.75) is 24.8 Å². The number of methoxy groups -OCH3 is 1. The number of nitrogens with zero attached hydrogens (tertiary/aromatic N) is 2. The smallest absolute Gasteiger partial charge is 0.258 e. The van der Waals surface area contributed by atoms with Crippen LogP contribution in [0.1, 0.15) is 34.3 Å². The lowest BCUT2D eigenvalue weighted by atomic mass is 9.74. The minimum Gasteiger partial charge on any atom is -0.497 e. The van der Waals surface area contributed by atoms with Gasteiger partial charge in [-0.05, 0) is 85.6 Å². The van der Waals surface area contributed by atoms with E-state index in [9.17, 15) is 4.79 Å². The fourth-order valence-corrected chi connectivity index (χ4v) is 6.10. The van der Waals surface area contributed by atoms with Crippen LogP contribution >= 0.6 is 46.4 Å². The maximum atomic E-state index is 13.6. The van der Waals surface area contributed by atoms with Crippen LogP contribution in [0.25, 0.3) is 0 Å². The van der Waals surface area contributed by atoms with Crippen LogP contribution in [0.5, 0.6) is 5.75 Å². The summed E-state index contributed by atoms with van der Waals surface area (Å²) < 4.78 is 5.53. The van der Waals surface area contributed by atoms with Crippen LogP contribution in [0.4, 0.5) is 5.69 Å². The second-order valence-corrected chi connectivity index (χ2v) is 10.9. The highest BCUT2D eigenvalue weighted by Crippen LogP contribution is 2.49. The third-order valence-corrected chi connectivity index (χ3v) is 8.26. The Morgan fingerprint density at radius 3 is 2.29 bits per heavy atom. The maximum absolute atomic E-state index is 13.6. The minimum atomic E-state index is -0.143. The number of halogens is 4. The average molecular weight is 550 g/mol. The summed E-state index contributed by atoms with van der Waals surface area (Å²) in [4.78, 5) is 17.9. The predicted molar refractivity (Wildman–Crippen MR) is 144 cm³/mol. The van der Waals surface area contributed by atoms with Crippen molar-refractivity contribution in [1.29, 1.82) is 0 Å². The molecule has 3 aromatic carbocycles. The highest BCUT2D eigenvalue weighted by molar-refractivity contribution is 6.42. The molecule has 1 spiro atoms. The van der Waals surface area contributed by atoms with Gasteiger partial charge < -0.3 is 9.64 Å². The zero-order chi connectivity index (χ0) is 24.7. The zero-order valence-electron chi connectivity index (χ0n) is 19.2. The summed E-state index contributed by atoms with van der Waals surface area (Å²) in [5, 5.41) is 2.03. The van der Waals surface area contributed by atoms with Gasteiger partial charge in [0, 0.05) is 39.8 Å². The maximum Gasteiger partial charge on any atom is 0.258 e. The number of benzene rings is 3. The van der Waals surface area contributed by atoms with Crippen LogP contribution in [0.3, 0.4) is 0 Å². The van der Waals surface area contributed by atoms with E-state index in [0.717, 1.165) is 55.0 Å². The van der Waals surface area contributed by atoms with Gasteiger partial charge in [0.1, 0.15) is 5.75 Å². The van der Waals surface area contributed by atoms with Crippen molar-refractivity contribution in [2.75, 3.05) is 31.6 Å². The molecule has 0 N–H and O–H groups in total. The predicted octanol–water partition coefficient (Wildman–Crippen LogP) is 7.50. The van der Waals surface area contributed by atoms with E-state index in [-0.39, 0.29) is 11.3 Å². The largest absolute Gasteiger partial charge is 0.497 e. The number of fused-ring (bicyclic) bond motifs is 2. The summed E-state index contributed by atoms with van der Waals surface area (Å²) in [6, 6.07) is 16.7. The van der Waals surface area contributed by atoms with Crippen LogP contribution in [0, 0.1) is 0 Å². The molecule has 0 atom stereocenters. The standard InChI is InChI=1S/C27H24Cl4N2O2/c1-35-21-3-5-25-22(14-21)27(16-33(25)26(34)18-11-19(28)13-20(29)12-18)6-8-32(9-7-27)15-17-2-4-23(30)24(31)10-17/h2-5,10-14H,6-9,15-16H2,1H3. The molecule has 0 aromatic heterocycles. The van der Waals surface area contributed by atoms with Crippen LogP contribution in [-0.2, 0) is 12.0 Å². The number of carbonyl (C=O) groups is 1. The Labute approximate surface area is 225 Å². The Kier molecular flexibility index (Phi) is 6.95. The number of hydrogen-bond donors (Lipinski definition) is 0. The highest BCUT2D eigenvalue weighted by atomic mass is 35.5. The summed E-state index contributed by atoms with van der Waals surface area (Å²) in [5.74, 6) is 0.692. The van der Waals surface area contributed by atoms with E-state index in [4.69, 9.17) is 51.1 Å². The van der Waals surface area contributed by atoms with Gasteiger partial charge in [0.25, 0.3) is 5.91 Å². The molecule has 35 heavy (non-hydrogen) atoms. The summed E-state index contributed by atoms with van der Waals surface area (Å²) in [6.07, 6.45) is 1.85. The van der Waals surface area contributed by atoms with Gasteiger partial charge in [-0.3, -0.25) is 9.69 Å². The summed E-state index contributed by atoms with van der Waals surface area (Å²) in [5.41, 5.74) is 3.56. The molecular weight excluding hydrogens is 526 g/mol. The Balaban J connectivity index is 1.41. The van der Waals surface area contributed by atoms with Gasteiger partial charge in [0.2, 0.25) is 0 Å². The normalized spacial score (nSPS) is 17.0. The van der Waals surface area contributed by atoms with Crippen molar-refractivity contribution < 1.29 is 9.53 Å². The molecule has 8 heteroatoms. The first kappa shape index (κ1) is 24.7. The summed E-state index contributed by atoms with van der Waals surface area (Å²) >= 11 is 24.7. The van der Waals surface area contributed by atoms with E-state index in [1.165, 1.54) is 0 Å². The summed E-state index contributed by atoms with van der Waals surface area (Å²) in [7, 11) is 1.67. The van der Waals surface area contributed by atoms with Gasteiger partial charge in [-0.2, -0.15) is 0 Å². The van der Waals surface area contributed by atoms with Crippen molar-refractivity contribution in [3.8, 4) is 5.75 Å². The van der Waals surface area contributed by atoms with E-state index >= 15 is 0 Å². The molecule has 0 unspecified atom stereocenters. The zero-order valence-corrected chi connectivity index (χ0v) is 22.2. The number of likely N-dealkylation sites (tertiary alicyclic amines) is 1. The third-order valence-electron chi connectivity index (χ3n) is 7.08. The number of hydrogen-bond acceptors (Lipinski definition) is 3. The first-order valence-electron chi connectivity index (χ1n) is 11.4. The van der Waals surface area contributed by atoms with Gasteiger partial charge in [-0.25, -0.2) is 0 Å². The molecule has 1 saturated heterocycles. The van der Waals surface area contributed by atoms with Crippen LogP contribution in [0.15, 0.2) is 54.6 Å². The van der Waals surface area contributed by atoms with Gasteiger partial charge in [0.15, 0.2) is 0 Å². The summed E-state index contributed by atoms with van der Waals surface area (Å²) in [6.45, 7) is 3.23. The molecule has 1 fully saturated rings. The molecule has 3 aromatic rings. The van der Waals surface area contributed by atoms with Crippen molar-refractivity contribution in [2.24, 2.45) is 0 Å². The lowest BCUT2D eigenvalue weighted by molar-refractivity contribution is 0.0975. The molecule has 1 amide bonds. The Hall–Kier alpha value is -1.95. The van der Waals surface area contributed by atoms with E-state index in [1.807, 2.05) is 35.2 Å². The highest BCUT2D eigenvalue weighted by Gasteiger charge is 2.46. The Morgan fingerprint density at radius 1 is 0.914 bits per heavy atom. The molecule has 4 nitrogen and oxygen atoms in total. The average Bonchev–Trinajstić information content (AvgIpc) is 3.15. The number of ether oxygens (including phenoxy) is 1. The molecule has 2 aliphatic heterocycles. The van der Waals surface area contributed by atoms with Crippen LogP contribution < -0.4 is 9.64 Å². The minimum absolute atomic E-state index is 0.101. The Morgan fingerprint density at radius 2 is 1.63 bits per heavy atom. The second-order valence-electron chi connectivity index (χ2n) is 9.24. The van der Waals surface area contributed by atoms with E-state index in [2.05, 4.69) is 11.0 Å². The van der Waals surface area contributed by atoms with Gasteiger partial charge in [-0.1, -0.05) is 52.5 Å². The molecular formula is C27H24Cl4N2O2. The third kappa shape index (κ3) is 4.87. The van der Waals surface area contributed by atoms with Gasteiger partial charge >= 0.3 is 0 Å².